The summed E-state index contributed by atoms with van der Waals surface area (Å²) in [4.78, 5) is 0. The van der Waals surface area contributed by atoms with Crippen LogP contribution in [0, 0.1) is 0 Å². The normalized spacial score (nSPS) is 7.67. The summed E-state index contributed by atoms with van der Waals surface area (Å²) in [7, 11) is -1.42. The van der Waals surface area contributed by atoms with Crippen molar-refractivity contribution in [1.82, 2.24) is 0 Å². The fraction of sp³-hybridized carbons (Fsp3) is 1.00. The Kier molecular flexibility index (Phi) is 20.0. The first-order chi connectivity index (χ1) is 3.15. The Hall–Kier alpha value is -0.00506. The molecule has 0 aromatic carbocycles. The van der Waals surface area contributed by atoms with E-state index in [4.69, 9.17) is 1.34 Å². The van der Waals surface area contributed by atoms with Crippen LogP contribution < -0.4 is 0 Å². The molecule has 0 nitrogen and oxygen atoms in total. The highest BCUT2D eigenvalue weighted by Crippen LogP contribution is 1.56. The van der Waals surface area contributed by atoms with Crippen LogP contribution in [0.2, 0.25) is 6.82 Å². The Morgan fingerprint density at radius 3 is 1.83 bits per heavy atom. The third-order valence-corrected chi connectivity index (χ3v) is 0. The molecule has 0 atom stereocenters. The Balaban J connectivity index is 0. The summed E-state index contributed by atoms with van der Waals surface area (Å²) < 4.78 is 16.6. The molecule has 0 heterocycles. The van der Waals surface area contributed by atoms with Crippen molar-refractivity contribution in [3.8, 4) is 0 Å². The van der Waals surface area contributed by atoms with Gasteiger partial charge in [0.25, 0.3) is 0 Å². The Morgan fingerprint density at radius 1 is 1.83 bits per heavy atom. The van der Waals surface area contributed by atoms with Gasteiger partial charge in [-0.05, 0) is 0 Å². The molecule has 0 radical (unpaired) electrons. The van der Waals surface area contributed by atoms with Crippen molar-refractivity contribution in [3.05, 3.63) is 0 Å². The van der Waals surface area contributed by atoms with Crippen molar-refractivity contribution in [3.63, 3.8) is 0 Å². The van der Waals surface area contributed by atoms with Gasteiger partial charge in [-0.1, -0.05) is 27.1 Å². The predicted octanol–water partition coefficient (Wildman–Crippen LogP) is 1.77. The van der Waals surface area contributed by atoms with Gasteiger partial charge in [-0.2, -0.15) is 0 Å². The number of hydrogen-bond donors (Lipinski definition) is 0. The SMILES string of the molecule is CCC.[3H]B(C)F. The van der Waals surface area contributed by atoms with Crippen molar-refractivity contribution in [1.29, 1.82) is 1.34 Å². The summed E-state index contributed by atoms with van der Waals surface area (Å²) in [5, 5.41) is 0. The minimum Gasteiger partial charge on any atom is -0.342 e. The Bertz CT molecular complexity index is 22.9. The zero-order valence-corrected chi connectivity index (χ0v) is 4.66. The molecule has 38 valence electrons. The molecule has 0 unspecified atom stereocenters. The van der Waals surface area contributed by atoms with Gasteiger partial charge in [-0.25, -0.2) is 0 Å². The highest BCUT2D eigenvalue weighted by Gasteiger charge is 1.51. The van der Waals surface area contributed by atoms with Crippen LogP contribution in [0.1, 0.15) is 20.3 Å². The second kappa shape index (κ2) is 20.0. The minimum absolute atomic E-state index is 1.17. The average molecular weight is 92.0 g/mol. The van der Waals surface area contributed by atoms with Gasteiger partial charge in [0.2, 0.25) is 0 Å². The van der Waals surface area contributed by atoms with Crippen LogP contribution in [-0.2, 0) is 0 Å². The molecule has 0 saturated heterocycles. The van der Waals surface area contributed by atoms with Crippen molar-refractivity contribution < 1.29 is 4.32 Å². The van der Waals surface area contributed by atoms with E-state index in [0.29, 0.717) is 0 Å². The van der Waals surface area contributed by atoms with E-state index in [1.807, 2.05) is 0 Å². The highest BCUT2D eigenvalue weighted by atomic mass is 19.1. The zero-order valence-electron chi connectivity index (χ0n) is 5.66. The quantitative estimate of drug-likeness (QED) is 0.399. The molecule has 2 heteroatoms. The van der Waals surface area contributed by atoms with Crippen LogP contribution in [0.5, 0.6) is 0 Å². The second-order valence-electron chi connectivity index (χ2n) is 0.925. The van der Waals surface area contributed by atoms with E-state index in [2.05, 4.69) is 13.8 Å². The summed E-state index contributed by atoms with van der Waals surface area (Å²) in [6, 6.07) is 0. The van der Waals surface area contributed by atoms with E-state index >= 15 is 0 Å². The van der Waals surface area contributed by atoms with Gasteiger partial charge >= 0.3 is 7.52 Å². The molecule has 0 bridgehead atoms. The molecule has 0 aliphatic rings. The molecular weight excluding hydrogens is 77.9 g/mol. The van der Waals surface area contributed by atoms with E-state index in [1.54, 1.807) is 0 Å². The van der Waals surface area contributed by atoms with E-state index < -0.39 is 7.52 Å². The van der Waals surface area contributed by atoms with Gasteiger partial charge in [0.05, 0.1) is 0 Å². The third kappa shape index (κ3) is 1400000. The summed E-state index contributed by atoms with van der Waals surface area (Å²) in [5.41, 5.74) is 0. The van der Waals surface area contributed by atoms with Crippen molar-refractivity contribution in [2.45, 2.75) is 27.1 Å². The molecule has 0 aromatic heterocycles. The summed E-state index contributed by atoms with van der Waals surface area (Å²) in [6.45, 7) is 5.42. The smallest absolute Gasteiger partial charge is 0.328 e. The zero-order chi connectivity index (χ0) is 6.28. The molecule has 0 spiro atoms. The van der Waals surface area contributed by atoms with E-state index in [9.17, 15) is 4.32 Å². The lowest BCUT2D eigenvalue weighted by Gasteiger charge is -1.48. The molecule has 0 N–H and O–H groups in total. The molecule has 0 aliphatic carbocycles. The van der Waals surface area contributed by atoms with Crippen molar-refractivity contribution in [2.24, 2.45) is 0 Å². The van der Waals surface area contributed by atoms with Gasteiger partial charge in [0.15, 0.2) is 0 Å². The fourth-order valence-corrected chi connectivity index (χ4v) is 0. The lowest BCUT2D eigenvalue weighted by Crippen LogP contribution is -1.49. The molecule has 6 heavy (non-hydrogen) atoms. The lowest BCUT2D eigenvalue weighted by molar-refractivity contribution is 0.877. The standard InChI is InChI=1S/C3H8.CH4BF/c1-3-2;1-2-3/h3H2,1-2H3;2H,1H3/i;2T. The molecule has 0 amide bonds. The maximum Gasteiger partial charge on any atom is 0.328 e. The van der Waals surface area contributed by atoms with E-state index in [-0.39, 0.29) is 0 Å². The van der Waals surface area contributed by atoms with Crippen molar-refractivity contribution >= 4 is 7.52 Å². The van der Waals surface area contributed by atoms with Crippen molar-refractivity contribution in [2.75, 3.05) is 0 Å². The molecule has 0 rings (SSSR count). The topological polar surface area (TPSA) is 0 Å². The maximum absolute atomic E-state index is 10.7. The van der Waals surface area contributed by atoms with Crippen LogP contribution in [0.15, 0.2) is 0 Å². The van der Waals surface area contributed by atoms with Gasteiger partial charge < -0.3 is 4.32 Å². The number of hydrogen-bond acceptors (Lipinski definition) is 0. The van der Waals surface area contributed by atoms with Crippen LogP contribution in [-0.4, -0.2) is 8.86 Å². The third-order valence-electron chi connectivity index (χ3n) is 0. The van der Waals surface area contributed by atoms with E-state index in [0.717, 1.165) is 0 Å². The predicted molar refractivity (Wildman–Crippen MR) is 30.1 cm³/mol. The fourth-order valence-electron chi connectivity index (χ4n) is 0. The van der Waals surface area contributed by atoms with Gasteiger partial charge in [-0.3, -0.25) is 0 Å². The van der Waals surface area contributed by atoms with Crippen LogP contribution in [0.3, 0.4) is 0 Å². The summed E-state index contributed by atoms with van der Waals surface area (Å²) in [6.07, 6.45) is 1.25. The van der Waals surface area contributed by atoms with Gasteiger partial charge in [0.1, 0.15) is 0 Å². The van der Waals surface area contributed by atoms with Crippen LogP contribution >= 0.6 is 0 Å². The maximum atomic E-state index is 10.7. The number of halogens is 1. The lowest BCUT2D eigenvalue weighted by atomic mass is 10.2. The Labute approximate surface area is 41.4 Å². The van der Waals surface area contributed by atoms with Crippen LogP contribution in [0.4, 0.5) is 4.32 Å². The molecular formula is C4H12BF. The molecule has 0 aliphatic heterocycles. The number of rotatable bonds is 0. The molecule has 0 aromatic rings. The first-order valence-corrected chi connectivity index (χ1v) is 2.21. The van der Waals surface area contributed by atoms with Gasteiger partial charge in [-0.15, -0.1) is 0 Å². The minimum atomic E-state index is -1.42. The largest absolute Gasteiger partial charge is 0.342 e. The first-order valence-electron chi connectivity index (χ1n) is 2.79. The Morgan fingerprint density at radius 2 is 1.83 bits per heavy atom. The monoisotopic (exact) mass is 92.1 g/mol. The second-order valence-corrected chi connectivity index (χ2v) is 0.925. The average Bonchev–Trinajstić information content (AvgIpc) is 1.33. The molecule has 0 saturated carbocycles. The molecule has 0 fully saturated rings. The first kappa shape index (κ1) is 5.99. The summed E-state index contributed by atoms with van der Waals surface area (Å²) in [5.74, 6) is 0. The van der Waals surface area contributed by atoms with Crippen LogP contribution in [0.25, 0.3) is 0 Å². The van der Waals surface area contributed by atoms with E-state index in [1.165, 1.54) is 13.2 Å². The summed E-state index contributed by atoms with van der Waals surface area (Å²) >= 11 is 0. The van der Waals surface area contributed by atoms with Gasteiger partial charge in [0, 0.05) is 1.34 Å². The highest BCUT2D eigenvalue weighted by molar-refractivity contribution is 6.23.